The van der Waals surface area contributed by atoms with Crippen LogP contribution in [0.15, 0.2) is 29.2 Å². The average molecular weight is 283 g/mol. The topological polar surface area (TPSA) is 133 Å². The van der Waals surface area contributed by atoms with Gasteiger partial charge in [-0.15, -0.1) is 0 Å². The van der Waals surface area contributed by atoms with E-state index in [1.54, 1.807) is 0 Å². The number of aliphatic carboxylic acids is 1. The Hall–Kier alpha value is -1.95. The molecular weight excluding hydrogens is 270 g/mol. The highest BCUT2D eigenvalue weighted by Crippen LogP contribution is 2.09. The van der Waals surface area contributed by atoms with Crippen molar-refractivity contribution in [3.05, 3.63) is 29.8 Å². The number of hydrogen-bond donors (Lipinski definition) is 3. The van der Waals surface area contributed by atoms with E-state index in [-0.39, 0.29) is 17.9 Å². The van der Waals surface area contributed by atoms with Crippen molar-refractivity contribution in [2.75, 3.05) is 6.54 Å². The summed E-state index contributed by atoms with van der Waals surface area (Å²) in [6, 6.07) is 6.15. The van der Waals surface area contributed by atoms with E-state index in [0.29, 0.717) is 5.56 Å². The van der Waals surface area contributed by atoms with Gasteiger partial charge < -0.3 is 10.8 Å². The molecule has 0 aliphatic carbocycles. The molecule has 0 aliphatic rings. The summed E-state index contributed by atoms with van der Waals surface area (Å²) in [7, 11) is -3.71. The highest BCUT2D eigenvalue weighted by Gasteiger charge is 2.16. The molecule has 0 heterocycles. The number of rotatable bonds is 6. The predicted octanol–water partition coefficient (Wildman–Crippen LogP) is -0.361. The van der Waals surface area contributed by atoms with Crippen LogP contribution in [0.25, 0.3) is 0 Å². The minimum atomic E-state index is -3.71. The second-order valence-corrected chi connectivity index (χ2v) is 5.53. The Labute approximate surface area is 110 Å². The van der Waals surface area contributed by atoms with E-state index < -0.39 is 22.0 Å². The Balaban J connectivity index is 2.66. The maximum Gasteiger partial charge on any atom is 0.320 e. The van der Waals surface area contributed by atoms with Gasteiger partial charge in [-0.05, 0) is 30.7 Å². The van der Waals surface area contributed by atoms with Crippen molar-refractivity contribution in [1.82, 2.24) is 4.72 Å². The van der Waals surface area contributed by atoms with Gasteiger partial charge in [0.15, 0.2) is 0 Å². The molecule has 0 amide bonds. The van der Waals surface area contributed by atoms with Crippen LogP contribution in [0.3, 0.4) is 0 Å². The zero-order valence-corrected chi connectivity index (χ0v) is 10.7. The lowest BCUT2D eigenvalue weighted by molar-refractivity contribution is -0.138. The third-order valence-electron chi connectivity index (χ3n) is 2.36. The second kappa shape index (κ2) is 6.29. The van der Waals surface area contributed by atoms with Gasteiger partial charge in [-0.25, -0.2) is 13.1 Å². The Morgan fingerprint density at radius 2 is 2.00 bits per heavy atom. The monoisotopic (exact) mass is 283 g/mol. The zero-order valence-electron chi connectivity index (χ0n) is 9.91. The molecule has 102 valence electrons. The van der Waals surface area contributed by atoms with E-state index in [4.69, 9.17) is 16.1 Å². The van der Waals surface area contributed by atoms with Crippen molar-refractivity contribution in [1.29, 1.82) is 5.26 Å². The molecule has 1 aromatic rings. The van der Waals surface area contributed by atoms with Gasteiger partial charge in [0.2, 0.25) is 10.0 Å². The molecular formula is C11H13N3O4S. The highest BCUT2D eigenvalue weighted by atomic mass is 32.2. The Kier molecular flexibility index (Phi) is 5.00. The molecule has 0 spiro atoms. The third-order valence-corrected chi connectivity index (χ3v) is 3.84. The van der Waals surface area contributed by atoms with Crippen molar-refractivity contribution in [3.63, 3.8) is 0 Å². The standard InChI is InChI=1S/C11H13N3O4S/c12-7-8-1-3-9(4-2-8)19(17,18)14-6-5-10(13)11(15)16/h1-4,10,14H,5-6,13H2,(H,15,16)/t10-/m0/s1. The van der Waals surface area contributed by atoms with E-state index in [1.807, 2.05) is 6.07 Å². The number of nitriles is 1. The lowest BCUT2D eigenvalue weighted by Crippen LogP contribution is -2.35. The lowest BCUT2D eigenvalue weighted by Gasteiger charge is -2.08. The molecule has 1 rings (SSSR count). The van der Waals surface area contributed by atoms with E-state index in [0.717, 1.165) is 0 Å². The van der Waals surface area contributed by atoms with E-state index in [1.165, 1.54) is 24.3 Å². The van der Waals surface area contributed by atoms with Crippen molar-refractivity contribution in [3.8, 4) is 6.07 Å². The molecule has 4 N–H and O–H groups in total. The molecule has 0 saturated heterocycles. The molecule has 1 aromatic carbocycles. The summed E-state index contributed by atoms with van der Waals surface area (Å²) in [5, 5.41) is 17.2. The maximum absolute atomic E-state index is 11.8. The molecule has 0 bridgehead atoms. The minimum absolute atomic E-state index is 0.00908. The van der Waals surface area contributed by atoms with E-state index in [2.05, 4.69) is 4.72 Å². The first-order chi connectivity index (χ1) is 8.86. The largest absolute Gasteiger partial charge is 0.480 e. The van der Waals surface area contributed by atoms with Crippen LogP contribution in [0, 0.1) is 11.3 Å². The first kappa shape index (κ1) is 15.1. The molecule has 8 heteroatoms. The zero-order chi connectivity index (χ0) is 14.5. The normalized spacial score (nSPS) is 12.6. The summed E-state index contributed by atoms with van der Waals surface area (Å²) in [6.07, 6.45) is -0.00908. The third kappa shape index (κ3) is 4.33. The number of nitrogens with zero attached hydrogens (tertiary/aromatic N) is 1. The number of benzene rings is 1. The van der Waals surface area contributed by atoms with Gasteiger partial charge in [-0.3, -0.25) is 4.79 Å². The number of carboxylic acids is 1. The molecule has 0 unspecified atom stereocenters. The van der Waals surface area contributed by atoms with Crippen LogP contribution in [0.5, 0.6) is 0 Å². The van der Waals surface area contributed by atoms with E-state index in [9.17, 15) is 13.2 Å². The van der Waals surface area contributed by atoms with Gasteiger partial charge in [0, 0.05) is 6.54 Å². The Morgan fingerprint density at radius 3 is 2.47 bits per heavy atom. The highest BCUT2D eigenvalue weighted by molar-refractivity contribution is 7.89. The molecule has 0 aromatic heterocycles. The fraction of sp³-hybridized carbons (Fsp3) is 0.273. The van der Waals surface area contributed by atoms with Crippen molar-refractivity contribution in [2.24, 2.45) is 5.73 Å². The van der Waals surface area contributed by atoms with Gasteiger partial charge in [0.05, 0.1) is 16.5 Å². The van der Waals surface area contributed by atoms with Gasteiger partial charge in [0.1, 0.15) is 6.04 Å². The van der Waals surface area contributed by atoms with Crippen LogP contribution >= 0.6 is 0 Å². The van der Waals surface area contributed by atoms with E-state index >= 15 is 0 Å². The molecule has 1 atom stereocenters. The fourth-order valence-corrected chi connectivity index (χ4v) is 2.31. The number of nitrogens with two attached hydrogens (primary N) is 1. The summed E-state index contributed by atoms with van der Waals surface area (Å²) < 4.78 is 25.8. The Morgan fingerprint density at radius 1 is 1.42 bits per heavy atom. The number of sulfonamides is 1. The van der Waals surface area contributed by atoms with Crippen LogP contribution in [0.2, 0.25) is 0 Å². The molecule has 0 aliphatic heterocycles. The molecule has 0 fully saturated rings. The molecule has 7 nitrogen and oxygen atoms in total. The minimum Gasteiger partial charge on any atom is -0.480 e. The maximum atomic E-state index is 11.8. The fourth-order valence-electron chi connectivity index (χ4n) is 1.26. The first-order valence-corrected chi connectivity index (χ1v) is 6.83. The summed E-state index contributed by atoms with van der Waals surface area (Å²) >= 11 is 0. The molecule has 19 heavy (non-hydrogen) atoms. The molecule has 0 radical (unpaired) electrons. The number of nitrogens with one attached hydrogen (secondary N) is 1. The van der Waals surface area contributed by atoms with Crippen LogP contribution in [0.4, 0.5) is 0 Å². The van der Waals surface area contributed by atoms with Crippen LogP contribution < -0.4 is 10.5 Å². The van der Waals surface area contributed by atoms with Gasteiger partial charge in [-0.2, -0.15) is 5.26 Å². The van der Waals surface area contributed by atoms with Gasteiger partial charge in [0.25, 0.3) is 0 Å². The number of hydrogen-bond acceptors (Lipinski definition) is 5. The number of carbonyl (C=O) groups is 1. The second-order valence-electron chi connectivity index (χ2n) is 3.77. The van der Waals surface area contributed by atoms with Crippen LogP contribution in [-0.2, 0) is 14.8 Å². The summed E-state index contributed by atoms with van der Waals surface area (Å²) in [5.41, 5.74) is 5.61. The smallest absolute Gasteiger partial charge is 0.320 e. The van der Waals surface area contributed by atoms with Crippen molar-refractivity contribution in [2.45, 2.75) is 17.4 Å². The lowest BCUT2D eigenvalue weighted by atomic mass is 10.2. The SMILES string of the molecule is N#Cc1ccc(S(=O)(=O)NCC[C@H](N)C(=O)O)cc1. The quantitative estimate of drug-likeness (QED) is 0.652. The van der Waals surface area contributed by atoms with Crippen LogP contribution in [-0.4, -0.2) is 32.1 Å². The predicted molar refractivity (Wildman–Crippen MR) is 66.6 cm³/mol. The first-order valence-electron chi connectivity index (χ1n) is 5.35. The molecule has 0 saturated carbocycles. The summed E-state index contributed by atoms with van der Waals surface area (Å²) in [4.78, 5) is 10.5. The van der Waals surface area contributed by atoms with Crippen LogP contribution in [0.1, 0.15) is 12.0 Å². The average Bonchev–Trinajstić information content (AvgIpc) is 2.38. The summed E-state index contributed by atoms with van der Waals surface area (Å²) in [5.74, 6) is -1.18. The van der Waals surface area contributed by atoms with Gasteiger partial charge >= 0.3 is 5.97 Å². The number of carboxylic acid groups (broad SMARTS) is 1. The van der Waals surface area contributed by atoms with Gasteiger partial charge in [-0.1, -0.05) is 0 Å². The summed E-state index contributed by atoms with van der Waals surface area (Å²) in [6.45, 7) is -0.0736. The van der Waals surface area contributed by atoms with Crippen molar-refractivity contribution < 1.29 is 18.3 Å². The van der Waals surface area contributed by atoms with Crippen molar-refractivity contribution >= 4 is 16.0 Å². The Bertz CT molecular complexity index is 589.